The molecule has 0 fully saturated rings. The number of ether oxygens (including phenoxy) is 2. The zero-order valence-electron chi connectivity index (χ0n) is 20.6. The van der Waals surface area contributed by atoms with Crippen LogP contribution in [-0.2, 0) is 14.0 Å². The second kappa shape index (κ2) is 27.6. The number of phosphoric acid groups is 1. The molecule has 0 rings (SSSR count). The smallest absolute Gasteiger partial charge is 0.391 e. The van der Waals surface area contributed by atoms with Crippen molar-refractivity contribution in [3.05, 3.63) is 0 Å². The monoisotopic (exact) mass is 502 g/mol. The molecule has 0 aliphatic rings. The second-order valence-electron chi connectivity index (χ2n) is 8.23. The lowest BCUT2D eigenvalue weighted by atomic mass is 10.0. The molecule has 0 aliphatic heterocycles. The maximum atomic E-state index is 9.79. The van der Waals surface area contributed by atoms with Gasteiger partial charge < -0.3 is 29.3 Å². The van der Waals surface area contributed by atoms with Gasteiger partial charge in [-0.3, -0.25) is 0 Å². The molecule has 4 N–H and O–H groups in total. The number of hydrogen-bond donors (Lipinski definition) is 4. The SMILES string of the molecule is CCCCCCCCCCCCCCCCSCCC(O)COCCOC.O=P(O)(O)O. The van der Waals surface area contributed by atoms with Crippen molar-refractivity contribution in [2.24, 2.45) is 0 Å². The van der Waals surface area contributed by atoms with E-state index in [0.29, 0.717) is 19.8 Å². The quantitative estimate of drug-likeness (QED) is 0.104. The fraction of sp³-hybridized carbons (Fsp3) is 1.00. The van der Waals surface area contributed by atoms with Crippen LogP contribution in [0.5, 0.6) is 0 Å². The summed E-state index contributed by atoms with van der Waals surface area (Å²) in [5.41, 5.74) is 0. The number of unbranched alkanes of at least 4 members (excludes halogenated alkanes) is 13. The van der Waals surface area contributed by atoms with Crippen LogP contribution in [0.25, 0.3) is 0 Å². The molecule has 0 spiro atoms. The molecule has 32 heavy (non-hydrogen) atoms. The lowest BCUT2D eigenvalue weighted by molar-refractivity contribution is 0.0126. The van der Waals surface area contributed by atoms with Crippen molar-refractivity contribution >= 4 is 19.6 Å². The Bertz CT molecular complexity index is 388. The minimum Gasteiger partial charge on any atom is -0.391 e. The fourth-order valence-electron chi connectivity index (χ4n) is 3.17. The molecule has 0 amide bonds. The van der Waals surface area contributed by atoms with E-state index in [1.165, 1.54) is 95.6 Å². The molecular weight excluding hydrogens is 451 g/mol. The highest BCUT2D eigenvalue weighted by molar-refractivity contribution is 7.99. The standard InChI is InChI=1S/C23H48O3S.H3O4P/c1-3-4-5-6-7-8-9-10-11-12-13-14-15-16-20-27-21-17-23(24)22-26-19-18-25-2;1-5(2,3)4/h23-24H,3-22H2,1-2H3;(H3,1,2,3,4). The van der Waals surface area contributed by atoms with Crippen molar-refractivity contribution in [2.75, 3.05) is 38.4 Å². The van der Waals surface area contributed by atoms with Crippen LogP contribution < -0.4 is 0 Å². The number of rotatable bonds is 23. The Balaban J connectivity index is 0. The zero-order valence-corrected chi connectivity index (χ0v) is 22.3. The van der Waals surface area contributed by atoms with E-state index in [0.717, 1.165) is 12.2 Å². The van der Waals surface area contributed by atoms with Crippen LogP contribution >= 0.6 is 19.6 Å². The molecular formula is C23H51O7PS. The van der Waals surface area contributed by atoms with Gasteiger partial charge in [0.05, 0.1) is 25.9 Å². The van der Waals surface area contributed by atoms with Crippen LogP contribution in [0.4, 0.5) is 0 Å². The summed E-state index contributed by atoms with van der Waals surface area (Å²) in [5, 5.41) is 9.79. The first-order valence-corrected chi connectivity index (χ1v) is 15.1. The Kier molecular flexibility index (Phi) is 29.7. The van der Waals surface area contributed by atoms with Gasteiger partial charge in [0, 0.05) is 7.11 Å². The van der Waals surface area contributed by atoms with Gasteiger partial charge in [-0.15, -0.1) is 0 Å². The molecule has 7 nitrogen and oxygen atoms in total. The van der Waals surface area contributed by atoms with E-state index in [1.807, 2.05) is 11.8 Å². The van der Waals surface area contributed by atoms with E-state index in [4.69, 9.17) is 28.7 Å². The van der Waals surface area contributed by atoms with Crippen molar-refractivity contribution in [3.63, 3.8) is 0 Å². The van der Waals surface area contributed by atoms with Crippen molar-refractivity contribution < 1.29 is 33.8 Å². The van der Waals surface area contributed by atoms with E-state index < -0.39 is 7.82 Å². The minimum atomic E-state index is -4.64. The second-order valence-corrected chi connectivity index (χ2v) is 10.5. The molecule has 1 unspecified atom stereocenters. The van der Waals surface area contributed by atoms with E-state index in [2.05, 4.69) is 6.92 Å². The maximum absolute atomic E-state index is 9.79. The average molecular weight is 503 g/mol. The van der Waals surface area contributed by atoms with Crippen LogP contribution in [0, 0.1) is 0 Å². The van der Waals surface area contributed by atoms with E-state index in [-0.39, 0.29) is 6.10 Å². The summed E-state index contributed by atoms with van der Waals surface area (Å²) >= 11 is 1.97. The molecule has 0 aromatic carbocycles. The van der Waals surface area contributed by atoms with Crippen molar-refractivity contribution in [1.29, 1.82) is 0 Å². The van der Waals surface area contributed by atoms with Crippen molar-refractivity contribution in [3.8, 4) is 0 Å². The van der Waals surface area contributed by atoms with Crippen molar-refractivity contribution in [2.45, 2.75) is 109 Å². The van der Waals surface area contributed by atoms with Crippen LogP contribution in [-0.4, -0.2) is 64.3 Å². The largest absolute Gasteiger partial charge is 0.466 e. The number of aliphatic hydroxyl groups excluding tert-OH is 1. The topological polar surface area (TPSA) is 116 Å². The van der Waals surface area contributed by atoms with Gasteiger partial charge in [-0.2, -0.15) is 11.8 Å². The molecule has 0 radical (unpaired) electrons. The first kappa shape index (κ1) is 34.5. The maximum Gasteiger partial charge on any atom is 0.466 e. The third kappa shape index (κ3) is 40.7. The number of methoxy groups -OCH3 is 1. The van der Waals surface area contributed by atoms with Crippen LogP contribution in [0.15, 0.2) is 0 Å². The van der Waals surface area contributed by atoms with E-state index in [1.54, 1.807) is 7.11 Å². The lowest BCUT2D eigenvalue weighted by Gasteiger charge is -2.10. The minimum absolute atomic E-state index is 0.328. The van der Waals surface area contributed by atoms with Gasteiger partial charge in [-0.25, -0.2) is 4.57 Å². The first-order valence-electron chi connectivity index (χ1n) is 12.4. The van der Waals surface area contributed by atoms with Gasteiger partial charge in [0.25, 0.3) is 0 Å². The molecule has 0 bridgehead atoms. The van der Waals surface area contributed by atoms with Crippen LogP contribution in [0.3, 0.4) is 0 Å². The summed E-state index contributed by atoms with van der Waals surface area (Å²) in [7, 11) is -2.98. The summed E-state index contributed by atoms with van der Waals surface area (Å²) < 4.78 is 19.1. The third-order valence-electron chi connectivity index (χ3n) is 4.98. The first-order chi connectivity index (χ1) is 15.3. The predicted octanol–water partition coefficient (Wildman–Crippen LogP) is 5.69. The number of hydrogen-bond acceptors (Lipinski definition) is 5. The molecule has 0 aromatic rings. The summed E-state index contributed by atoms with van der Waals surface area (Å²) in [6, 6.07) is 0. The number of aliphatic hydroxyl groups is 1. The molecule has 0 aliphatic carbocycles. The molecule has 0 saturated carbocycles. The Morgan fingerprint density at radius 1 is 0.750 bits per heavy atom. The van der Waals surface area contributed by atoms with Gasteiger partial charge in [0.1, 0.15) is 0 Å². The molecule has 9 heteroatoms. The Labute approximate surface area is 201 Å². The highest BCUT2D eigenvalue weighted by Crippen LogP contribution is 2.25. The number of thioether (sulfide) groups is 1. The fourth-order valence-corrected chi connectivity index (χ4v) is 4.22. The Morgan fingerprint density at radius 3 is 1.62 bits per heavy atom. The van der Waals surface area contributed by atoms with Gasteiger partial charge in [0.2, 0.25) is 0 Å². The van der Waals surface area contributed by atoms with Gasteiger partial charge in [0.15, 0.2) is 0 Å². The zero-order chi connectivity index (χ0) is 24.3. The summed E-state index contributed by atoms with van der Waals surface area (Å²) in [6.07, 6.45) is 20.3. The normalized spacial score (nSPS) is 12.4. The summed E-state index contributed by atoms with van der Waals surface area (Å²) in [4.78, 5) is 21.6. The van der Waals surface area contributed by atoms with Crippen LogP contribution in [0.2, 0.25) is 0 Å². The van der Waals surface area contributed by atoms with Crippen LogP contribution in [0.1, 0.15) is 103 Å². The molecule has 1 atom stereocenters. The highest BCUT2D eigenvalue weighted by Gasteiger charge is 2.04. The predicted molar refractivity (Wildman–Crippen MR) is 135 cm³/mol. The molecule has 0 saturated heterocycles. The van der Waals surface area contributed by atoms with E-state index in [9.17, 15) is 5.11 Å². The summed E-state index contributed by atoms with van der Waals surface area (Å²) in [6.45, 7) is 3.89. The van der Waals surface area contributed by atoms with Gasteiger partial charge >= 0.3 is 7.82 Å². The Hall–Kier alpha value is 0.340. The summed E-state index contributed by atoms with van der Waals surface area (Å²) in [5.74, 6) is 2.27. The van der Waals surface area contributed by atoms with E-state index >= 15 is 0 Å². The lowest BCUT2D eigenvalue weighted by Crippen LogP contribution is -2.17. The molecule has 196 valence electrons. The van der Waals surface area contributed by atoms with Gasteiger partial charge in [-0.1, -0.05) is 90.4 Å². The average Bonchev–Trinajstić information content (AvgIpc) is 2.72. The highest BCUT2D eigenvalue weighted by atomic mass is 32.2. The third-order valence-corrected chi connectivity index (χ3v) is 6.08. The molecule has 0 aromatic heterocycles. The molecule has 0 heterocycles. The van der Waals surface area contributed by atoms with Crippen molar-refractivity contribution in [1.82, 2.24) is 0 Å². The van der Waals surface area contributed by atoms with Gasteiger partial charge in [-0.05, 0) is 24.3 Å². The Morgan fingerprint density at radius 2 is 1.19 bits per heavy atom.